The van der Waals surface area contributed by atoms with Crippen LogP contribution in [0.25, 0.3) is 0 Å². The molecule has 0 spiro atoms. The van der Waals surface area contributed by atoms with Crippen molar-refractivity contribution in [3.8, 4) is 5.75 Å². The maximum atomic E-state index is 13.5. The highest BCUT2D eigenvalue weighted by Crippen LogP contribution is 2.20. The predicted octanol–water partition coefficient (Wildman–Crippen LogP) is 1.89. The number of nitrogens with zero attached hydrogens (tertiary/aromatic N) is 4. The maximum Gasteiger partial charge on any atom is 0.165 e. The van der Waals surface area contributed by atoms with Gasteiger partial charge in [0.05, 0.1) is 6.61 Å². The second-order valence-electron chi connectivity index (χ2n) is 5.41. The van der Waals surface area contributed by atoms with Gasteiger partial charge in [-0.1, -0.05) is 12.1 Å². The van der Waals surface area contributed by atoms with Crippen molar-refractivity contribution in [2.24, 2.45) is 0 Å². The van der Waals surface area contributed by atoms with Gasteiger partial charge in [-0.05, 0) is 19.1 Å². The second kappa shape index (κ2) is 7.52. The molecule has 1 saturated heterocycles. The fourth-order valence-corrected chi connectivity index (χ4v) is 2.67. The van der Waals surface area contributed by atoms with Crippen molar-refractivity contribution in [3.63, 3.8) is 0 Å². The molecule has 2 aromatic rings. The first kappa shape index (κ1) is 15.9. The third-order valence-corrected chi connectivity index (χ3v) is 3.93. The van der Waals surface area contributed by atoms with E-state index in [9.17, 15) is 4.39 Å². The number of hydrogen-bond acceptors (Lipinski definition) is 5. The van der Waals surface area contributed by atoms with Crippen LogP contribution in [0, 0.1) is 5.82 Å². The Morgan fingerprint density at radius 1 is 1.39 bits per heavy atom. The largest absolute Gasteiger partial charge is 0.489 e. The summed E-state index contributed by atoms with van der Waals surface area (Å²) >= 11 is 0. The summed E-state index contributed by atoms with van der Waals surface area (Å²) < 4.78 is 26.8. The lowest BCUT2D eigenvalue weighted by atomic mass is 10.2. The number of ether oxygens (including phenoxy) is 2. The average Bonchev–Trinajstić information content (AvgIpc) is 3.06. The van der Waals surface area contributed by atoms with Gasteiger partial charge >= 0.3 is 0 Å². The molecule has 3 rings (SSSR count). The molecule has 0 N–H and O–H groups in total. The van der Waals surface area contributed by atoms with Crippen molar-refractivity contribution < 1.29 is 13.9 Å². The van der Waals surface area contributed by atoms with E-state index < -0.39 is 0 Å². The number of para-hydroxylation sites is 1. The van der Waals surface area contributed by atoms with Crippen LogP contribution in [0.2, 0.25) is 0 Å². The summed E-state index contributed by atoms with van der Waals surface area (Å²) in [5, 5.41) is 8.12. The van der Waals surface area contributed by atoms with Crippen LogP contribution in [0.3, 0.4) is 0 Å². The van der Waals surface area contributed by atoms with Gasteiger partial charge in [-0.25, -0.2) is 4.39 Å². The third kappa shape index (κ3) is 3.86. The predicted molar refractivity (Wildman–Crippen MR) is 82.7 cm³/mol. The molecule has 1 atom stereocenters. The van der Waals surface area contributed by atoms with Gasteiger partial charge in [0.1, 0.15) is 19.0 Å². The Morgan fingerprint density at radius 2 is 2.26 bits per heavy atom. The number of aromatic nitrogens is 3. The Labute approximate surface area is 134 Å². The van der Waals surface area contributed by atoms with E-state index in [4.69, 9.17) is 9.47 Å². The van der Waals surface area contributed by atoms with E-state index in [2.05, 4.69) is 22.0 Å². The number of morpholine rings is 1. The van der Waals surface area contributed by atoms with E-state index in [1.54, 1.807) is 24.5 Å². The molecule has 0 aliphatic carbocycles. The van der Waals surface area contributed by atoms with Crippen molar-refractivity contribution in [1.29, 1.82) is 0 Å². The van der Waals surface area contributed by atoms with Crippen LogP contribution in [0.15, 0.2) is 30.6 Å². The van der Waals surface area contributed by atoms with Gasteiger partial charge in [0.15, 0.2) is 17.4 Å². The molecule has 2 heterocycles. The molecular formula is C16H21FN4O2. The van der Waals surface area contributed by atoms with E-state index in [1.165, 1.54) is 6.07 Å². The van der Waals surface area contributed by atoms with E-state index in [0.29, 0.717) is 25.5 Å². The minimum atomic E-state index is -0.330. The van der Waals surface area contributed by atoms with Crippen LogP contribution in [0.4, 0.5) is 4.39 Å². The summed E-state index contributed by atoms with van der Waals surface area (Å²) in [7, 11) is 0. The molecule has 7 heteroatoms. The molecule has 124 valence electrons. The van der Waals surface area contributed by atoms with E-state index >= 15 is 0 Å². The normalized spacial score (nSPS) is 19.0. The smallest absolute Gasteiger partial charge is 0.165 e. The summed E-state index contributed by atoms with van der Waals surface area (Å²) in [6, 6.07) is 6.46. The Bertz CT molecular complexity index is 634. The fourth-order valence-electron chi connectivity index (χ4n) is 2.67. The SMILES string of the molecule is CCn1cnnc1[C@@H]1CN(CCOc2ccccc2F)CCO1. The standard InChI is InChI=1S/C16H21FN4O2/c1-2-21-12-18-19-16(21)15-11-20(8-10-23-15)7-9-22-14-6-4-3-5-13(14)17/h3-6,12,15H,2,7-11H2,1H3/t15-/m0/s1. The lowest BCUT2D eigenvalue weighted by molar-refractivity contribution is -0.0388. The molecule has 0 radical (unpaired) electrons. The van der Waals surface area contributed by atoms with Crippen molar-refractivity contribution in [2.75, 3.05) is 32.8 Å². The van der Waals surface area contributed by atoms with Crippen molar-refractivity contribution in [2.45, 2.75) is 19.6 Å². The van der Waals surface area contributed by atoms with Crippen LogP contribution in [-0.2, 0) is 11.3 Å². The minimum Gasteiger partial charge on any atom is -0.489 e. The summed E-state index contributed by atoms with van der Waals surface area (Å²) in [6.07, 6.45) is 1.64. The zero-order chi connectivity index (χ0) is 16.1. The van der Waals surface area contributed by atoms with Gasteiger partial charge in [-0.15, -0.1) is 10.2 Å². The summed E-state index contributed by atoms with van der Waals surface area (Å²) in [4.78, 5) is 2.24. The first-order chi connectivity index (χ1) is 11.3. The topological polar surface area (TPSA) is 52.4 Å². The number of benzene rings is 1. The molecule has 0 saturated carbocycles. The zero-order valence-electron chi connectivity index (χ0n) is 13.2. The van der Waals surface area contributed by atoms with E-state index in [0.717, 1.165) is 25.5 Å². The van der Waals surface area contributed by atoms with Crippen LogP contribution in [0.5, 0.6) is 5.75 Å². The van der Waals surface area contributed by atoms with Crippen LogP contribution in [0.1, 0.15) is 18.9 Å². The van der Waals surface area contributed by atoms with Crippen molar-refractivity contribution in [3.05, 3.63) is 42.2 Å². The van der Waals surface area contributed by atoms with E-state index in [1.807, 2.05) is 4.57 Å². The summed E-state index contributed by atoms with van der Waals surface area (Å²) in [5.41, 5.74) is 0. The average molecular weight is 320 g/mol. The number of aryl methyl sites for hydroxylation is 1. The van der Waals surface area contributed by atoms with Gasteiger partial charge < -0.3 is 14.0 Å². The van der Waals surface area contributed by atoms with Crippen LogP contribution in [-0.4, -0.2) is 52.5 Å². The van der Waals surface area contributed by atoms with Gasteiger partial charge in [0.25, 0.3) is 0 Å². The molecule has 1 fully saturated rings. The highest BCUT2D eigenvalue weighted by atomic mass is 19.1. The van der Waals surface area contributed by atoms with Crippen LogP contribution < -0.4 is 4.74 Å². The first-order valence-electron chi connectivity index (χ1n) is 7.87. The highest BCUT2D eigenvalue weighted by molar-refractivity contribution is 5.23. The maximum absolute atomic E-state index is 13.5. The quantitative estimate of drug-likeness (QED) is 0.813. The van der Waals surface area contributed by atoms with Crippen molar-refractivity contribution in [1.82, 2.24) is 19.7 Å². The summed E-state index contributed by atoms with van der Waals surface area (Å²) in [6.45, 7) is 6.23. The Morgan fingerprint density at radius 3 is 3.09 bits per heavy atom. The molecule has 0 amide bonds. The molecule has 1 aliphatic rings. The Balaban J connectivity index is 1.52. The number of halogens is 1. The van der Waals surface area contributed by atoms with Crippen LogP contribution >= 0.6 is 0 Å². The molecule has 6 nitrogen and oxygen atoms in total. The minimum absolute atomic E-state index is 0.0836. The van der Waals surface area contributed by atoms with E-state index in [-0.39, 0.29) is 11.9 Å². The van der Waals surface area contributed by atoms with Gasteiger partial charge in [-0.3, -0.25) is 4.90 Å². The molecule has 1 aromatic heterocycles. The Kier molecular flexibility index (Phi) is 5.19. The summed E-state index contributed by atoms with van der Waals surface area (Å²) in [5.74, 6) is 0.818. The van der Waals surface area contributed by atoms with Gasteiger partial charge in [-0.2, -0.15) is 0 Å². The first-order valence-corrected chi connectivity index (χ1v) is 7.87. The number of hydrogen-bond donors (Lipinski definition) is 0. The molecular weight excluding hydrogens is 299 g/mol. The van der Waals surface area contributed by atoms with Gasteiger partial charge in [0, 0.05) is 26.2 Å². The second-order valence-corrected chi connectivity index (χ2v) is 5.41. The zero-order valence-corrected chi connectivity index (χ0v) is 13.2. The van der Waals surface area contributed by atoms with Crippen molar-refractivity contribution >= 4 is 0 Å². The molecule has 1 aromatic carbocycles. The highest BCUT2D eigenvalue weighted by Gasteiger charge is 2.25. The lowest BCUT2D eigenvalue weighted by Crippen LogP contribution is -2.41. The van der Waals surface area contributed by atoms with Gasteiger partial charge in [0.2, 0.25) is 0 Å². The fraction of sp³-hybridized carbons (Fsp3) is 0.500. The number of rotatable bonds is 6. The molecule has 23 heavy (non-hydrogen) atoms. The molecule has 1 aliphatic heterocycles. The third-order valence-electron chi connectivity index (χ3n) is 3.93. The molecule has 0 unspecified atom stereocenters. The lowest BCUT2D eigenvalue weighted by Gasteiger charge is -2.32. The molecule has 0 bridgehead atoms. The Hall–Kier alpha value is -1.99. The monoisotopic (exact) mass is 320 g/mol.